The minimum Gasteiger partial charge on any atom is -0.294 e. The summed E-state index contributed by atoms with van der Waals surface area (Å²) in [4.78, 5) is 11.3. The van der Waals surface area contributed by atoms with Gasteiger partial charge in [-0.25, -0.2) is 0 Å². The van der Waals surface area contributed by atoms with Crippen molar-refractivity contribution in [1.29, 1.82) is 0 Å². The van der Waals surface area contributed by atoms with Crippen LogP contribution >= 0.6 is 8.19 Å². The first kappa shape index (κ1) is 8.55. The van der Waals surface area contributed by atoms with Crippen molar-refractivity contribution in [3.05, 3.63) is 22.2 Å². The Hall–Kier alpha value is -0.550. The lowest BCUT2D eigenvalue weighted by Crippen LogP contribution is -1.94. The van der Waals surface area contributed by atoms with Crippen LogP contribution in [0.25, 0.3) is 0 Å². The zero-order valence-corrected chi connectivity index (χ0v) is 8.19. The molecule has 1 rings (SSSR count). The zero-order chi connectivity index (χ0) is 8.43. The van der Waals surface area contributed by atoms with Gasteiger partial charge in [0.25, 0.3) is 0 Å². The van der Waals surface area contributed by atoms with E-state index in [-0.39, 0.29) is 0 Å². The Morgan fingerprint density at radius 3 is 2.55 bits per heavy atom. The first-order valence-corrected chi connectivity index (χ1v) is 4.92. The van der Waals surface area contributed by atoms with Gasteiger partial charge in [-0.05, 0) is 30.8 Å². The highest BCUT2D eigenvalue weighted by molar-refractivity contribution is 7.32. The molecule has 0 fully saturated rings. The van der Waals surface area contributed by atoms with E-state index in [4.69, 9.17) is 0 Å². The molecule has 0 N–H and O–H groups in total. The van der Waals surface area contributed by atoms with Crippen LogP contribution < -0.4 is 0 Å². The van der Waals surface area contributed by atoms with Gasteiger partial charge in [0.05, 0.1) is 0 Å². The summed E-state index contributed by atoms with van der Waals surface area (Å²) in [6.07, 6.45) is 0.640. The molecule has 1 heterocycles. The van der Waals surface area contributed by atoms with E-state index >= 15 is 0 Å². The van der Waals surface area contributed by atoms with E-state index in [2.05, 4.69) is 12.7 Å². The maximum Gasteiger partial charge on any atom is 0.166 e. The molecular formula is C9H13OP. The van der Waals surface area contributed by atoms with E-state index in [0.717, 1.165) is 5.30 Å². The van der Waals surface area contributed by atoms with E-state index in [0.29, 0.717) is 20.4 Å². The molecule has 11 heavy (non-hydrogen) atoms. The summed E-state index contributed by atoms with van der Waals surface area (Å²) in [5.74, 6) is 2.46. The minimum absolute atomic E-state index is 0.314. The van der Waals surface area contributed by atoms with Gasteiger partial charge in [0.1, 0.15) is 0 Å². The van der Waals surface area contributed by atoms with Gasteiger partial charge in [-0.2, -0.15) is 0 Å². The Balaban J connectivity index is 3.04. The molecule has 1 aromatic rings. The predicted molar refractivity (Wildman–Crippen MR) is 50.0 cm³/mol. The number of Topliss-reactive ketones (excluding diaryl/α,β-unsaturated/α-hetero) is 1. The van der Waals surface area contributed by atoms with Gasteiger partial charge in [0.15, 0.2) is 5.78 Å². The Morgan fingerprint density at radius 2 is 2.18 bits per heavy atom. The second-order valence-corrected chi connectivity index (χ2v) is 3.83. The molecule has 0 spiro atoms. The van der Waals surface area contributed by atoms with Crippen molar-refractivity contribution < 1.29 is 4.79 Å². The molecule has 1 aromatic heterocycles. The van der Waals surface area contributed by atoms with Gasteiger partial charge in [-0.3, -0.25) is 4.79 Å². The molecule has 0 aromatic carbocycles. The number of hydrogen-bond acceptors (Lipinski definition) is 1. The summed E-state index contributed by atoms with van der Waals surface area (Å²) in [6.45, 7) is 6.02. The molecule has 0 bridgehead atoms. The summed E-state index contributed by atoms with van der Waals surface area (Å²) in [5.41, 5.74) is 2.48. The lowest BCUT2D eigenvalue weighted by atomic mass is 10.1. The van der Waals surface area contributed by atoms with Crippen molar-refractivity contribution in [2.75, 3.05) is 0 Å². The summed E-state index contributed by atoms with van der Waals surface area (Å²) < 4.78 is 0. The fraction of sp³-hybridized carbons (Fsp3) is 0.444. The van der Waals surface area contributed by atoms with Gasteiger partial charge in [-0.15, -0.1) is 8.19 Å². The fourth-order valence-electron chi connectivity index (χ4n) is 1.06. The van der Waals surface area contributed by atoms with E-state index < -0.39 is 0 Å². The molecule has 2 heteroatoms. The molecule has 60 valence electrons. The molecule has 1 unspecified atom stereocenters. The highest BCUT2D eigenvalue weighted by Crippen LogP contribution is 2.26. The van der Waals surface area contributed by atoms with Crippen molar-refractivity contribution in [1.82, 2.24) is 0 Å². The van der Waals surface area contributed by atoms with Crippen LogP contribution in [0.3, 0.4) is 0 Å². The standard InChI is InChI=1S/C9H13OP/c1-4-8(10)9-7(3)6(2)5-11-9/h5,11H,4H2,1-3H3. The zero-order valence-electron chi connectivity index (χ0n) is 7.19. The van der Waals surface area contributed by atoms with Gasteiger partial charge in [0.2, 0.25) is 0 Å². The quantitative estimate of drug-likeness (QED) is 0.620. The average molecular weight is 168 g/mol. The average Bonchev–Trinajstić information content (AvgIpc) is 2.32. The normalized spacial score (nSPS) is 10.8. The van der Waals surface area contributed by atoms with Crippen molar-refractivity contribution in [3.8, 4) is 0 Å². The van der Waals surface area contributed by atoms with Crippen molar-refractivity contribution >= 4 is 14.0 Å². The van der Waals surface area contributed by atoms with Crippen LogP contribution in [0, 0.1) is 13.8 Å². The molecule has 0 aliphatic rings. The van der Waals surface area contributed by atoms with Crippen LogP contribution in [0.5, 0.6) is 0 Å². The van der Waals surface area contributed by atoms with Crippen LogP contribution in [0.2, 0.25) is 0 Å². The van der Waals surface area contributed by atoms with Crippen LogP contribution in [0.15, 0.2) is 5.80 Å². The van der Waals surface area contributed by atoms with Crippen LogP contribution in [0.1, 0.15) is 34.6 Å². The molecule has 1 nitrogen and oxygen atoms in total. The highest BCUT2D eigenvalue weighted by Gasteiger charge is 2.08. The van der Waals surface area contributed by atoms with Crippen LogP contribution in [0.4, 0.5) is 0 Å². The van der Waals surface area contributed by atoms with Gasteiger partial charge < -0.3 is 0 Å². The van der Waals surface area contributed by atoms with Crippen molar-refractivity contribution in [2.45, 2.75) is 27.2 Å². The first-order valence-electron chi connectivity index (χ1n) is 3.84. The SMILES string of the molecule is CCC(=O)c1[pH]cc(C)c1C. The number of rotatable bonds is 2. The Morgan fingerprint density at radius 1 is 1.55 bits per heavy atom. The van der Waals surface area contributed by atoms with Crippen LogP contribution in [-0.2, 0) is 0 Å². The monoisotopic (exact) mass is 168 g/mol. The number of aryl methyl sites for hydroxylation is 1. The molecule has 0 saturated carbocycles. The van der Waals surface area contributed by atoms with Gasteiger partial charge in [0, 0.05) is 11.7 Å². The number of ketones is 1. The molecule has 0 saturated heterocycles. The van der Waals surface area contributed by atoms with E-state index in [1.165, 1.54) is 11.1 Å². The molecule has 1 atom stereocenters. The van der Waals surface area contributed by atoms with Gasteiger partial charge in [-0.1, -0.05) is 6.92 Å². The third kappa shape index (κ3) is 1.54. The second-order valence-electron chi connectivity index (χ2n) is 2.75. The third-order valence-corrected chi connectivity index (χ3v) is 3.52. The van der Waals surface area contributed by atoms with Crippen molar-refractivity contribution in [2.24, 2.45) is 0 Å². The predicted octanol–water partition coefficient (Wildman–Crippen LogP) is 2.93. The first-order chi connectivity index (χ1) is 5.16. The Kier molecular flexibility index (Phi) is 2.51. The van der Waals surface area contributed by atoms with Gasteiger partial charge >= 0.3 is 0 Å². The molecule has 0 aliphatic carbocycles. The summed E-state index contributed by atoms with van der Waals surface area (Å²) in [7, 11) is 0.616. The molecule has 0 aliphatic heterocycles. The topological polar surface area (TPSA) is 17.1 Å². The smallest absolute Gasteiger partial charge is 0.166 e. The fourth-order valence-corrected chi connectivity index (χ4v) is 2.39. The highest BCUT2D eigenvalue weighted by atomic mass is 31.0. The molecular weight excluding hydrogens is 155 g/mol. The second kappa shape index (κ2) is 3.23. The summed E-state index contributed by atoms with van der Waals surface area (Å²) in [6, 6.07) is 0. The number of carbonyl (C=O) groups is 1. The third-order valence-electron chi connectivity index (χ3n) is 2.00. The van der Waals surface area contributed by atoms with Crippen molar-refractivity contribution in [3.63, 3.8) is 0 Å². The Bertz CT molecular complexity index is 273. The summed E-state index contributed by atoms with van der Waals surface area (Å²) >= 11 is 0. The minimum atomic E-state index is 0.314. The Labute approximate surface area is 68.9 Å². The lowest BCUT2D eigenvalue weighted by molar-refractivity contribution is 0.0991. The molecule has 0 amide bonds. The number of hydrogen-bond donors (Lipinski definition) is 0. The van der Waals surface area contributed by atoms with E-state index in [1.54, 1.807) is 0 Å². The molecule has 0 radical (unpaired) electrons. The summed E-state index contributed by atoms with van der Waals surface area (Å²) in [5, 5.41) is 1.05. The maximum absolute atomic E-state index is 11.3. The van der Waals surface area contributed by atoms with E-state index in [1.807, 2.05) is 13.8 Å². The number of carbonyl (C=O) groups excluding carboxylic acids is 1. The van der Waals surface area contributed by atoms with Crippen LogP contribution in [-0.4, -0.2) is 5.78 Å². The maximum atomic E-state index is 11.3. The largest absolute Gasteiger partial charge is 0.294 e. The van der Waals surface area contributed by atoms with E-state index in [9.17, 15) is 4.79 Å². The lowest BCUT2D eigenvalue weighted by Gasteiger charge is -1.95.